The third-order valence-electron chi connectivity index (χ3n) is 2.31. The first kappa shape index (κ1) is 11.5. The first-order valence-electron chi connectivity index (χ1n) is 5.11. The van der Waals surface area contributed by atoms with Crippen molar-refractivity contribution in [2.75, 3.05) is 5.32 Å². The summed E-state index contributed by atoms with van der Waals surface area (Å²) in [4.78, 5) is 8.56. The maximum Gasteiger partial charge on any atom is 0.148 e. The lowest BCUT2D eigenvalue weighted by atomic mass is 10.2. The van der Waals surface area contributed by atoms with E-state index in [1.807, 2.05) is 31.2 Å². The summed E-state index contributed by atoms with van der Waals surface area (Å²) in [6.07, 6.45) is 3.17. The van der Waals surface area contributed by atoms with Crippen LogP contribution in [0.3, 0.4) is 0 Å². The number of thiocarbonyl (C=S) groups is 1. The molecule has 1 heterocycles. The molecule has 0 saturated carbocycles. The van der Waals surface area contributed by atoms with Crippen LogP contribution >= 0.6 is 12.2 Å². The summed E-state index contributed by atoms with van der Waals surface area (Å²) < 4.78 is 0. The molecule has 0 fully saturated rings. The van der Waals surface area contributed by atoms with Crippen molar-refractivity contribution in [2.24, 2.45) is 5.73 Å². The quantitative estimate of drug-likeness (QED) is 0.810. The zero-order valence-corrected chi connectivity index (χ0v) is 10.2. The van der Waals surface area contributed by atoms with Crippen LogP contribution in [0.2, 0.25) is 0 Å². The SMILES string of the molecule is Cc1ccccc1Nc1cnc(C(N)=S)cn1. The molecule has 0 aliphatic heterocycles. The molecule has 0 aliphatic carbocycles. The van der Waals surface area contributed by atoms with Crippen molar-refractivity contribution in [3.63, 3.8) is 0 Å². The fourth-order valence-corrected chi connectivity index (χ4v) is 1.48. The van der Waals surface area contributed by atoms with Gasteiger partial charge in [-0.2, -0.15) is 0 Å². The molecule has 0 spiro atoms. The predicted molar refractivity (Wildman–Crippen MR) is 72.4 cm³/mol. The number of nitrogens with two attached hydrogens (primary N) is 1. The fraction of sp³-hybridized carbons (Fsp3) is 0.0833. The maximum atomic E-state index is 5.45. The number of aromatic nitrogens is 2. The highest BCUT2D eigenvalue weighted by Gasteiger charge is 2.01. The van der Waals surface area contributed by atoms with Crippen molar-refractivity contribution in [3.8, 4) is 0 Å². The zero-order valence-electron chi connectivity index (χ0n) is 9.34. The molecule has 0 amide bonds. The Morgan fingerprint density at radius 2 is 2.00 bits per heavy atom. The third-order valence-corrected chi connectivity index (χ3v) is 2.52. The smallest absolute Gasteiger partial charge is 0.148 e. The average molecular weight is 244 g/mol. The molecule has 0 unspecified atom stereocenters. The minimum absolute atomic E-state index is 0.250. The number of para-hydroxylation sites is 1. The van der Waals surface area contributed by atoms with Gasteiger partial charge >= 0.3 is 0 Å². The molecule has 2 rings (SSSR count). The standard InChI is InChI=1S/C12H12N4S/c1-8-4-2-3-5-9(8)16-11-7-14-10(6-15-11)12(13)17/h2-7H,1H3,(H2,13,17)(H,15,16). The second-order valence-corrected chi connectivity index (χ2v) is 4.03. The van der Waals surface area contributed by atoms with E-state index in [4.69, 9.17) is 18.0 Å². The van der Waals surface area contributed by atoms with Crippen molar-refractivity contribution in [3.05, 3.63) is 47.9 Å². The van der Waals surface area contributed by atoms with Crippen LogP contribution in [-0.2, 0) is 0 Å². The van der Waals surface area contributed by atoms with Gasteiger partial charge in [-0.15, -0.1) is 0 Å². The molecular weight excluding hydrogens is 232 g/mol. The average Bonchev–Trinajstić information content (AvgIpc) is 2.33. The van der Waals surface area contributed by atoms with Crippen LogP contribution in [0.25, 0.3) is 0 Å². The molecule has 0 atom stereocenters. The lowest BCUT2D eigenvalue weighted by molar-refractivity contribution is 1.17. The van der Waals surface area contributed by atoms with Crippen molar-refractivity contribution >= 4 is 28.7 Å². The summed E-state index contributed by atoms with van der Waals surface area (Å²) in [6, 6.07) is 7.96. The summed E-state index contributed by atoms with van der Waals surface area (Å²) in [5.74, 6) is 0.666. The van der Waals surface area contributed by atoms with Crippen LogP contribution in [0.4, 0.5) is 11.5 Å². The number of hydrogen-bond acceptors (Lipinski definition) is 4. The van der Waals surface area contributed by atoms with Crippen molar-refractivity contribution in [1.29, 1.82) is 0 Å². The third kappa shape index (κ3) is 2.76. The lowest BCUT2D eigenvalue weighted by Crippen LogP contribution is -2.12. The first-order chi connectivity index (χ1) is 8.16. The summed E-state index contributed by atoms with van der Waals surface area (Å²) in [7, 11) is 0. The van der Waals surface area contributed by atoms with Crippen LogP contribution in [0.1, 0.15) is 11.3 Å². The second kappa shape index (κ2) is 4.88. The van der Waals surface area contributed by atoms with E-state index in [1.54, 1.807) is 12.4 Å². The molecule has 2 aromatic rings. The number of hydrogen-bond donors (Lipinski definition) is 2. The Labute approximate surface area is 105 Å². The van der Waals surface area contributed by atoms with E-state index in [-0.39, 0.29) is 4.99 Å². The van der Waals surface area contributed by atoms with Crippen LogP contribution in [0, 0.1) is 6.92 Å². The van der Waals surface area contributed by atoms with E-state index in [1.165, 1.54) is 0 Å². The van der Waals surface area contributed by atoms with Gasteiger partial charge in [0.1, 0.15) is 16.5 Å². The van der Waals surface area contributed by atoms with Gasteiger partial charge in [0.25, 0.3) is 0 Å². The number of nitrogens with one attached hydrogen (secondary N) is 1. The highest BCUT2D eigenvalue weighted by Crippen LogP contribution is 2.17. The van der Waals surface area contributed by atoms with E-state index in [9.17, 15) is 0 Å². The maximum absolute atomic E-state index is 5.45. The van der Waals surface area contributed by atoms with Gasteiger partial charge < -0.3 is 11.1 Å². The lowest BCUT2D eigenvalue weighted by Gasteiger charge is -2.08. The van der Waals surface area contributed by atoms with Gasteiger partial charge in [0.15, 0.2) is 0 Å². The molecule has 3 N–H and O–H groups in total. The number of anilines is 2. The fourth-order valence-electron chi connectivity index (χ4n) is 1.37. The zero-order chi connectivity index (χ0) is 12.3. The number of aryl methyl sites for hydroxylation is 1. The van der Waals surface area contributed by atoms with Gasteiger partial charge in [0.2, 0.25) is 0 Å². The Morgan fingerprint density at radius 1 is 1.24 bits per heavy atom. The normalized spacial score (nSPS) is 9.94. The van der Waals surface area contributed by atoms with Gasteiger partial charge in [0.05, 0.1) is 12.4 Å². The van der Waals surface area contributed by atoms with Crippen LogP contribution in [-0.4, -0.2) is 15.0 Å². The largest absolute Gasteiger partial charge is 0.388 e. The summed E-state index contributed by atoms with van der Waals surface area (Å²) in [5, 5.41) is 3.18. The summed E-state index contributed by atoms with van der Waals surface area (Å²) in [6.45, 7) is 2.03. The Morgan fingerprint density at radius 3 is 2.59 bits per heavy atom. The molecule has 5 heteroatoms. The van der Waals surface area contributed by atoms with Crippen molar-refractivity contribution in [2.45, 2.75) is 6.92 Å². The second-order valence-electron chi connectivity index (χ2n) is 3.59. The van der Waals surface area contributed by atoms with Gasteiger partial charge in [0, 0.05) is 5.69 Å². The molecule has 86 valence electrons. The number of benzene rings is 1. The number of nitrogens with zero attached hydrogens (tertiary/aromatic N) is 2. The minimum atomic E-state index is 0.250. The van der Waals surface area contributed by atoms with Gasteiger partial charge in [-0.1, -0.05) is 30.4 Å². The Hall–Kier alpha value is -2.01. The molecule has 0 saturated heterocycles. The highest BCUT2D eigenvalue weighted by molar-refractivity contribution is 7.80. The summed E-state index contributed by atoms with van der Waals surface area (Å²) >= 11 is 4.81. The molecule has 0 radical (unpaired) electrons. The van der Waals surface area contributed by atoms with E-state index in [0.717, 1.165) is 11.3 Å². The van der Waals surface area contributed by atoms with Crippen molar-refractivity contribution < 1.29 is 0 Å². The van der Waals surface area contributed by atoms with Gasteiger partial charge in [-0.05, 0) is 18.6 Å². The van der Waals surface area contributed by atoms with E-state index < -0.39 is 0 Å². The first-order valence-corrected chi connectivity index (χ1v) is 5.52. The number of rotatable bonds is 3. The summed E-state index contributed by atoms with van der Waals surface area (Å²) in [5.41, 5.74) is 8.12. The van der Waals surface area contributed by atoms with Gasteiger partial charge in [-0.25, -0.2) is 9.97 Å². The molecule has 0 aliphatic rings. The monoisotopic (exact) mass is 244 g/mol. The highest BCUT2D eigenvalue weighted by atomic mass is 32.1. The molecular formula is C12H12N4S. The van der Waals surface area contributed by atoms with Crippen LogP contribution < -0.4 is 11.1 Å². The topological polar surface area (TPSA) is 63.8 Å². The van der Waals surface area contributed by atoms with Crippen LogP contribution in [0.5, 0.6) is 0 Å². The molecule has 17 heavy (non-hydrogen) atoms. The Kier molecular flexibility index (Phi) is 3.30. The van der Waals surface area contributed by atoms with E-state index >= 15 is 0 Å². The Bertz CT molecular complexity index is 536. The van der Waals surface area contributed by atoms with Crippen molar-refractivity contribution in [1.82, 2.24) is 9.97 Å². The molecule has 1 aromatic heterocycles. The van der Waals surface area contributed by atoms with E-state index in [2.05, 4.69) is 15.3 Å². The predicted octanol–water partition coefficient (Wildman–Crippen LogP) is 2.16. The van der Waals surface area contributed by atoms with E-state index in [0.29, 0.717) is 11.5 Å². The van der Waals surface area contributed by atoms with Gasteiger partial charge in [-0.3, -0.25) is 0 Å². The minimum Gasteiger partial charge on any atom is -0.388 e. The van der Waals surface area contributed by atoms with Crippen LogP contribution in [0.15, 0.2) is 36.7 Å². The molecule has 0 bridgehead atoms. The molecule has 1 aromatic carbocycles. The Balaban J connectivity index is 2.20. The molecule has 4 nitrogen and oxygen atoms in total.